The molecule has 0 unspecified atom stereocenters. The van der Waals surface area contributed by atoms with Crippen LogP contribution in [0, 0.1) is 6.92 Å². The molecule has 1 aliphatic rings. The topological polar surface area (TPSA) is 83.6 Å². The molecule has 0 radical (unpaired) electrons. The van der Waals surface area contributed by atoms with E-state index in [1.54, 1.807) is 19.1 Å². The van der Waals surface area contributed by atoms with Gasteiger partial charge in [-0.3, -0.25) is 0 Å². The van der Waals surface area contributed by atoms with E-state index in [4.69, 9.17) is 10.8 Å². The van der Waals surface area contributed by atoms with Crippen molar-refractivity contribution in [3.05, 3.63) is 23.8 Å². The summed E-state index contributed by atoms with van der Waals surface area (Å²) >= 11 is 0. The molecule has 3 N–H and O–H groups in total. The maximum atomic E-state index is 12.0. The molecule has 0 saturated carbocycles. The van der Waals surface area contributed by atoms with Crippen LogP contribution in [0.4, 0.5) is 5.69 Å². The molecule has 88 valence electrons. The van der Waals surface area contributed by atoms with E-state index in [1.165, 1.54) is 10.4 Å². The van der Waals surface area contributed by atoms with E-state index in [0.29, 0.717) is 5.69 Å². The van der Waals surface area contributed by atoms with Crippen molar-refractivity contribution in [1.29, 1.82) is 0 Å². The molecule has 1 aromatic carbocycles. The van der Waals surface area contributed by atoms with Crippen LogP contribution in [0.15, 0.2) is 23.1 Å². The number of β-amino-alcohol motifs (C(OH)–C–C–N with tert-alkyl or cyclic N) is 1. The standard InChI is InChI=1S/C10H14N2O3S/c1-7-4-9(2-3-10(7)11)16(14,15)12-5-8(13)6-12/h2-4,8,13H,5-6,11H2,1H3. The van der Waals surface area contributed by atoms with E-state index in [9.17, 15) is 8.42 Å². The average Bonchev–Trinajstić information content (AvgIpc) is 2.17. The number of hydrogen-bond acceptors (Lipinski definition) is 4. The van der Waals surface area contributed by atoms with Gasteiger partial charge >= 0.3 is 0 Å². The van der Waals surface area contributed by atoms with Crippen molar-refractivity contribution in [2.45, 2.75) is 17.9 Å². The lowest BCUT2D eigenvalue weighted by Gasteiger charge is -2.34. The van der Waals surface area contributed by atoms with Crippen molar-refractivity contribution >= 4 is 15.7 Å². The number of aliphatic hydroxyl groups is 1. The number of sulfonamides is 1. The van der Waals surface area contributed by atoms with Gasteiger partial charge in [-0.1, -0.05) is 0 Å². The van der Waals surface area contributed by atoms with Gasteiger partial charge in [0.25, 0.3) is 0 Å². The molecule has 1 aromatic rings. The van der Waals surface area contributed by atoms with Crippen LogP contribution in [0.2, 0.25) is 0 Å². The van der Waals surface area contributed by atoms with Crippen LogP contribution in [0.3, 0.4) is 0 Å². The van der Waals surface area contributed by atoms with Gasteiger partial charge in [-0.2, -0.15) is 4.31 Å². The Balaban J connectivity index is 2.33. The summed E-state index contributed by atoms with van der Waals surface area (Å²) in [6.07, 6.45) is -0.537. The summed E-state index contributed by atoms with van der Waals surface area (Å²) in [5.41, 5.74) is 6.94. The van der Waals surface area contributed by atoms with E-state index < -0.39 is 16.1 Å². The van der Waals surface area contributed by atoms with E-state index >= 15 is 0 Å². The fourth-order valence-electron chi connectivity index (χ4n) is 1.57. The molecule has 0 atom stereocenters. The van der Waals surface area contributed by atoms with Crippen molar-refractivity contribution in [2.75, 3.05) is 18.8 Å². The van der Waals surface area contributed by atoms with Crippen LogP contribution in [0.1, 0.15) is 5.56 Å². The number of hydrogen-bond donors (Lipinski definition) is 2. The van der Waals surface area contributed by atoms with Gasteiger partial charge in [-0.25, -0.2) is 8.42 Å². The maximum absolute atomic E-state index is 12.0. The van der Waals surface area contributed by atoms with Crippen molar-refractivity contribution in [1.82, 2.24) is 4.31 Å². The molecule has 1 heterocycles. The first-order valence-electron chi connectivity index (χ1n) is 4.95. The van der Waals surface area contributed by atoms with E-state index in [1.807, 2.05) is 0 Å². The number of aryl methyl sites for hydroxylation is 1. The lowest BCUT2D eigenvalue weighted by Crippen LogP contribution is -2.53. The van der Waals surface area contributed by atoms with Gasteiger partial charge in [-0.15, -0.1) is 0 Å². The Morgan fingerprint density at radius 1 is 1.44 bits per heavy atom. The number of nitrogens with zero attached hydrogens (tertiary/aromatic N) is 1. The minimum absolute atomic E-state index is 0.172. The Hall–Kier alpha value is -1.11. The Kier molecular flexibility index (Phi) is 2.65. The summed E-state index contributed by atoms with van der Waals surface area (Å²) in [6, 6.07) is 4.62. The number of benzene rings is 1. The first-order chi connectivity index (χ1) is 7.41. The molecule has 2 rings (SSSR count). The van der Waals surface area contributed by atoms with Gasteiger partial charge in [0.1, 0.15) is 0 Å². The van der Waals surface area contributed by atoms with Crippen molar-refractivity contribution in [3.8, 4) is 0 Å². The third-order valence-corrected chi connectivity index (χ3v) is 4.54. The Morgan fingerprint density at radius 2 is 2.06 bits per heavy atom. The van der Waals surface area contributed by atoms with E-state index in [2.05, 4.69) is 0 Å². The van der Waals surface area contributed by atoms with E-state index in [0.717, 1.165) is 5.56 Å². The second kappa shape index (κ2) is 3.73. The van der Waals surface area contributed by atoms with Crippen LogP contribution < -0.4 is 5.73 Å². The van der Waals surface area contributed by atoms with Gasteiger partial charge in [0.2, 0.25) is 10.0 Å². The predicted molar refractivity (Wildman–Crippen MR) is 60.4 cm³/mol. The normalized spacial score (nSPS) is 18.4. The molecule has 1 aliphatic heterocycles. The van der Waals surface area contributed by atoms with Gasteiger partial charge in [0.05, 0.1) is 11.0 Å². The van der Waals surface area contributed by atoms with E-state index in [-0.39, 0.29) is 18.0 Å². The van der Waals surface area contributed by atoms with Gasteiger partial charge in [-0.05, 0) is 30.7 Å². The number of rotatable bonds is 2. The minimum Gasteiger partial charge on any atom is -0.399 e. The highest BCUT2D eigenvalue weighted by Crippen LogP contribution is 2.23. The molecule has 6 heteroatoms. The molecule has 0 aromatic heterocycles. The van der Waals surface area contributed by atoms with Crippen molar-refractivity contribution < 1.29 is 13.5 Å². The second-order valence-electron chi connectivity index (χ2n) is 3.99. The Labute approximate surface area is 94.5 Å². The number of nitrogen functional groups attached to an aromatic ring is 1. The van der Waals surface area contributed by atoms with Crippen LogP contribution in [0.5, 0.6) is 0 Å². The maximum Gasteiger partial charge on any atom is 0.243 e. The van der Waals surface area contributed by atoms with Gasteiger partial charge in [0.15, 0.2) is 0 Å². The average molecular weight is 242 g/mol. The number of anilines is 1. The van der Waals surface area contributed by atoms with Crippen molar-refractivity contribution in [3.63, 3.8) is 0 Å². The summed E-state index contributed by atoms with van der Waals surface area (Å²) in [5, 5.41) is 9.10. The van der Waals surface area contributed by atoms with Crippen LogP contribution in [-0.2, 0) is 10.0 Å². The van der Waals surface area contributed by atoms with Crippen LogP contribution in [-0.4, -0.2) is 37.0 Å². The third-order valence-electron chi connectivity index (χ3n) is 2.71. The molecule has 5 nitrogen and oxygen atoms in total. The summed E-state index contributed by atoms with van der Waals surface area (Å²) in [5.74, 6) is 0. The fourth-order valence-corrected chi connectivity index (χ4v) is 3.17. The highest BCUT2D eigenvalue weighted by molar-refractivity contribution is 7.89. The molecule has 16 heavy (non-hydrogen) atoms. The Morgan fingerprint density at radius 3 is 2.56 bits per heavy atom. The molecule has 1 saturated heterocycles. The number of aliphatic hydroxyl groups excluding tert-OH is 1. The molecule has 0 aliphatic carbocycles. The molecule has 0 spiro atoms. The SMILES string of the molecule is Cc1cc(S(=O)(=O)N2CC(O)C2)ccc1N. The minimum atomic E-state index is -3.46. The lowest BCUT2D eigenvalue weighted by atomic mass is 10.2. The highest BCUT2D eigenvalue weighted by Gasteiger charge is 2.35. The smallest absolute Gasteiger partial charge is 0.243 e. The summed E-state index contributed by atoms with van der Waals surface area (Å²) in [4.78, 5) is 0.228. The largest absolute Gasteiger partial charge is 0.399 e. The summed E-state index contributed by atoms with van der Waals surface area (Å²) in [6.45, 7) is 2.11. The molecular weight excluding hydrogens is 228 g/mol. The fraction of sp³-hybridized carbons (Fsp3) is 0.400. The summed E-state index contributed by atoms with van der Waals surface area (Å²) in [7, 11) is -3.46. The predicted octanol–water partition coefficient (Wildman–Crippen LogP) is -0.0576. The molecule has 1 fully saturated rings. The van der Waals surface area contributed by atoms with Gasteiger partial charge in [0, 0.05) is 18.8 Å². The van der Waals surface area contributed by atoms with Crippen molar-refractivity contribution in [2.24, 2.45) is 0 Å². The number of nitrogens with two attached hydrogens (primary N) is 1. The zero-order valence-electron chi connectivity index (χ0n) is 8.92. The first kappa shape index (κ1) is 11.4. The molecular formula is C10H14N2O3S. The third kappa shape index (κ3) is 1.79. The van der Waals surface area contributed by atoms with Crippen LogP contribution >= 0.6 is 0 Å². The highest BCUT2D eigenvalue weighted by atomic mass is 32.2. The quantitative estimate of drug-likeness (QED) is 0.712. The first-order valence-corrected chi connectivity index (χ1v) is 6.39. The molecule has 0 bridgehead atoms. The summed E-state index contributed by atoms with van der Waals surface area (Å²) < 4.78 is 25.2. The van der Waals surface area contributed by atoms with Crippen LogP contribution in [0.25, 0.3) is 0 Å². The molecule has 0 amide bonds. The zero-order chi connectivity index (χ0) is 11.9. The second-order valence-corrected chi connectivity index (χ2v) is 5.93. The monoisotopic (exact) mass is 242 g/mol. The van der Waals surface area contributed by atoms with Gasteiger partial charge < -0.3 is 10.8 Å². The zero-order valence-corrected chi connectivity index (χ0v) is 9.74. The Bertz CT molecular complexity index is 507. The lowest BCUT2D eigenvalue weighted by molar-refractivity contribution is 0.0548.